The van der Waals surface area contributed by atoms with Crippen LogP contribution in [0.1, 0.15) is 46.5 Å². The quantitative estimate of drug-likeness (QED) is 0.756. The van der Waals surface area contributed by atoms with E-state index in [0.717, 1.165) is 19.3 Å². The van der Waals surface area contributed by atoms with Gasteiger partial charge in [0.15, 0.2) is 0 Å². The molecule has 104 valence electrons. The molecule has 1 aliphatic heterocycles. The molecule has 2 unspecified atom stereocenters. The summed E-state index contributed by atoms with van der Waals surface area (Å²) >= 11 is 1.59. The third kappa shape index (κ3) is 3.64. The van der Waals surface area contributed by atoms with E-state index in [9.17, 15) is 14.7 Å². The maximum absolute atomic E-state index is 12.2. The Labute approximate surface area is 113 Å². The molecule has 1 rings (SSSR count). The predicted octanol–water partition coefficient (Wildman–Crippen LogP) is 2.58. The van der Waals surface area contributed by atoms with Gasteiger partial charge in [0.2, 0.25) is 5.91 Å². The summed E-state index contributed by atoms with van der Waals surface area (Å²) in [6.07, 6.45) is 3.42. The van der Waals surface area contributed by atoms with E-state index in [0.29, 0.717) is 12.2 Å². The maximum atomic E-state index is 12.2. The maximum Gasteiger partial charge on any atom is 0.327 e. The second-order valence-corrected chi connectivity index (χ2v) is 6.23. The number of carbonyl (C=O) groups is 2. The van der Waals surface area contributed by atoms with Crippen molar-refractivity contribution in [2.24, 2.45) is 5.92 Å². The van der Waals surface area contributed by atoms with Crippen LogP contribution in [0.5, 0.6) is 0 Å². The fourth-order valence-corrected chi connectivity index (χ4v) is 3.70. The molecule has 1 heterocycles. The molecule has 1 amide bonds. The topological polar surface area (TPSA) is 57.6 Å². The van der Waals surface area contributed by atoms with Gasteiger partial charge in [0, 0.05) is 12.2 Å². The lowest BCUT2D eigenvalue weighted by atomic mass is 10.1. The molecule has 0 aromatic heterocycles. The zero-order chi connectivity index (χ0) is 13.7. The number of carboxylic acids is 1. The Kier molecular flexibility index (Phi) is 5.99. The van der Waals surface area contributed by atoms with Crippen LogP contribution in [0.25, 0.3) is 0 Å². The van der Waals surface area contributed by atoms with Gasteiger partial charge in [-0.1, -0.05) is 33.6 Å². The van der Waals surface area contributed by atoms with Crippen molar-refractivity contribution in [2.45, 2.75) is 57.9 Å². The van der Waals surface area contributed by atoms with Gasteiger partial charge in [-0.15, -0.1) is 11.8 Å². The molecular formula is C13H23NO3S. The number of hydrogen-bond acceptors (Lipinski definition) is 3. The fourth-order valence-electron chi connectivity index (χ4n) is 2.20. The molecule has 0 aliphatic carbocycles. The van der Waals surface area contributed by atoms with Gasteiger partial charge >= 0.3 is 5.97 Å². The van der Waals surface area contributed by atoms with Crippen LogP contribution in [-0.4, -0.2) is 39.1 Å². The second kappa shape index (κ2) is 7.02. The van der Waals surface area contributed by atoms with Crippen LogP contribution in [0.15, 0.2) is 0 Å². The first-order valence-electron chi connectivity index (χ1n) is 6.64. The van der Waals surface area contributed by atoms with Crippen LogP contribution >= 0.6 is 11.8 Å². The van der Waals surface area contributed by atoms with E-state index in [1.807, 2.05) is 13.8 Å². The molecule has 0 spiro atoms. The number of rotatable bonds is 6. The molecule has 1 aliphatic rings. The third-order valence-corrected chi connectivity index (χ3v) is 4.79. The molecule has 4 nitrogen and oxygen atoms in total. The first-order valence-corrected chi connectivity index (χ1v) is 7.69. The summed E-state index contributed by atoms with van der Waals surface area (Å²) in [6.45, 7) is 6.16. The van der Waals surface area contributed by atoms with Crippen LogP contribution in [0, 0.1) is 5.92 Å². The van der Waals surface area contributed by atoms with Gasteiger partial charge in [-0.3, -0.25) is 4.79 Å². The van der Waals surface area contributed by atoms with Crippen LogP contribution in [0.4, 0.5) is 0 Å². The number of carbonyl (C=O) groups excluding carboxylic acids is 1. The van der Waals surface area contributed by atoms with Gasteiger partial charge in [0.1, 0.15) is 6.04 Å². The number of thioether (sulfide) groups is 1. The van der Waals surface area contributed by atoms with Crippen molar-refractivity contribution in [1.82, 2.24) is 4.90 Å². The van der Waals surface area contributed by atoms with Crippen molar-refractivity contribution in [3.8, 4) is 0 Å². The van der Waals surface area contributed by atoms with E-state index in [1.165, 1.54) is 0 Å². The minimum atomic E-state index is -0.880. The Bertz CT molecular complexity index is 307. The summed E-state index contributed by atoms with van der Waals surface area (Å²) < 4.78 is 0. The first-order chi connectivity index (χ1) is 8.49. The van der Waals surface area contributed by atoms with Crippen molar-refractivity contribution in [3.05, 3.63) is 0 Å². The summed E-state index contributed by atoms with van der Waals surface area (Å²) in [5.74, 6) is -0.0824. The molecule has 0 aromatic carbocycles. The van der Waals surface area contributed by atoms with Crippen molar-refractivity contribution in [1.29, 1.82) is 0 Å². The molecule has 1 N–H and O–H groups in total. The van der Waals surface area contributed by atoms with E-state index in [4.69, 9.17) is 0 Å². The van der Waals surface area contributed by atoms with Gasteiger partial charge in [-0.05, 0) is 12.3 Å². The van der Waals surface area contributed by atoms with E-state index in [1.54, 1.807) is 16.7 Å². The number of aliphatic carboxylic acids is 1. The lowest BCUT2D eigenvalue weighted by molar-refractivity contribution is -0.149. The average molecular weight is 273 g/mol. The Balaban J connectivity index is 2.70. The van der Waals surface area contributed by atoms with Crippen molar-refractivity contribution in [3.63, 3.8) is 0 Å². The Morgan fingerprint density at radius 1 is 1.39 bits per heavy atom. The van der Waals surface area contributed by atoms with E-state index in [-0.39, 0.29) is 17.2 Å². The zero-order valence-electron chi connectivity index (χ0n) is 11.4. The van der Waals surface area contributed by atoms with Crippen molar-refractivity contribution >= 4 is 23.6 Å². The molecule has 2 atom stereocenters. The molecule has 1 fully saturated rings. The fraction of sp³-hybridized carbons (Fsp3) is 0.846. The summed E-state index contributed by atoms with van der Waals surface area (Å²) in [7, 11) is 0. The Morgan fingerprint density at radius 3 is 2.56 bits per heavy atom. The Hall–Kier alpha value is -0.710. The van der Waals surface area contributed by atoms with Crippen LogP contribution in [0.3, 0.4) is 0 Å². The number of nitrogens with zero attached hydrogens (tertiary/aromatic N) is 1. The first kappa shape index (κ1) is 15.3. The van der Waals surface area contributed by atoms with Crippen LogP contribution < -0.4 is 0 Å². The lowest BCUT2D eigenvalue weighted by Gasteiger charge is -2.29. The van der Waals surface area contributed by atoms with Crippen molar-refractivity contribution < 1.29 is 14.7 Å². The third-order valence-electron chi connectivity index (χ3n) is 3.17. The summed E-state index contributed by atoms with van der Waals surface area (Å²) in [4.78, 5) is 25.0. The number of unbranched alkanes of at least 4 members (excludes halogenated alkanes) is 2. The highest BCUT2D eigenvalue weighted by molar-refractivity contribution is 8.00. The monoisotopic (exact) mass is 273 g/mol. The second-order valence-electron chi connectivity index (χ2n) is 5.08. The predicted molar refractivity (Wildman–Crippen MR) is 73.5 cm³/mol. The number of carboxylic acid groups (broad SMARTS) is 1. The molecule has 0 saturated carbocycles. The minimum absolute atomic E-state index is 0.000417. The Morgan fingerprint density at radius 2 is 2.06 bits per heavy atom. The van der Waals surface area contributed by atoms with Gasteiger partial charge in [-0.2, -0.15) is 0 Å². The van der Waals surface area contributed by atoms with Crippen molar-refractivity contribution in [2.75, 3.05) is 5.75 Å². The molecule has 1 saturated heterocycles. The molecular weight excluding hydrogens is 250 g/mol. The molecule has 5 heteroatoms. The SMILES string of the molecule is CCCCCC(=O)N1C(C(=O)O)CSC1C(C)C. The van der Waals surface area contributed by atoms with Gasteiger partial charge < -0.3 is 10.0 Å². The smallest absolute Gasteiger partial charge is 0.327 e. The largest absolute Gasteiger partial charge is 0.480 e. The summed E-state index contributed by atoms with van der Waals surface area (Å²) in [5.41, 5.74) is 0. The normalized spacial score (nSPS) is 23.7. The van der Waals surface area contributed by atoms with E-state index < -0.39 is 12.0 Å². The van der Waals surface area contributed by atoms with Crippen LogP contribution in [-0.2, 0) is 9.59 Å². The highest BCUT2D eigenvalue weighted by Crippen LogP contribution is 2.34. The molecule has 0 bridgehead atoms. The van der Waals surface area contributed by atoms with Gasteiger partial charge in [0.25, 0.3) is 0 Å². The summed E-state index contributed by atoms with van der Waals surface area (Å²) in [6, 6.07) is -0.642. The van der Waals surface area contributed by atoms with Gasteiger partial charge in [-0.25, -0.2) is 4.79 Å². The number of hydrogen-bond donors (Lipinski definition) is 1. The molecule has 18 heavy (non-hydrogen) atoms. The number of amides is 1. The van der Waals surface area contributed by atoms with E-state index in [2.05, 4.69) is 6.92 Å². The highest BCUT2D eigenvalue weighted by Gasteiger charge is 2.42. The van der Waals surface area contributed by atoms with Crippen LogP contribution in [0.2, 0.25) is 0 Å². The van der Waals surface area contributed by atoms with Gasteiger partial charge in [0.05, 0.1) is 5.37 Å². The summed E-state index contributed by atoms with van der Waals surface area (Å²) in [5, 5.41) is 9.21. The zero-order valence-corrected chi connectivity index (χ0v) is 12.2. The lowest BCUT2D eigenvalue weighted by Crippen LogP contribution is -2.47. The average Bonchev–Trinajstić information content (AvgIpc) is 2.73. The minimum Gasteiger partial charge on any atom is -0.480 e. The molecule has 0 radical (unpaired) electrons. The van der Waals surface area contributed by atoms with E-state index >= 15 is 0 Å². The molecule has 0 aromatic rings. The standard InChI is InChI=1S/C13H23NO3S/c1-4-5-6-7-11(15)14-10(13(16)17)8-18-12(14)9(2)3/h9-10,12H,4-8H2,1-3H3,(H,16,17). The highest BCUT2D eigenvalue weighted by atomic mass is 32.2.